The molecule has 0 saturated carbocycles. The smallest absolute Gasteiger partial charge is 0.406 e. The fraction of sp³-hybridized carbons (Fsp3) is 0.529. The third-order valence-electron chi connectivity index (χ3n) is 4.48. The third-order valence-corrected chi connectivity index (χ3v) is 4.48. The number of likely N-dealkylation sites (tertiary alicyclic amines) is 1. The van der Waals surface area contributed by atoms with E-state index in [2.05, 4.69) is 10.1 Å². The van der Waals surface area contributed by atoms with Crippen molar-refractivity contribution in [3.8, 4) is 5.75 Å². The molecule has 1 aromatic carbocycles. The van der Waals surface area contributed by atoms with Gasteiger partial charge in [-0.05, 0) is 24.1 Å². The highest BCUT2D eigenvalue weighted by molar-refractivity contribution is 5.78. The van der Waals surface area contributed by atoms with Crippen LogP contribution in [0.1, 0.15) is 17.9 Å². The van der Waals surface area contributed by atoms with Crippen LogP contribution >= 0.6 is 0 Å². The van der Waals surface area contributed by atoms with Crippen LogP contribution in [0.3, 0.4) is 0 Å². The summed E-state index contributed by atoms with van der Waals surface area (Å²) < 4.78 is 46.3. The van der Waals surface area contributed by atoms with E-state index in [1.54, 1.807) is 11.0 Å². The zero-order valence-electron chi connectivity index (χ0n) is 14.5. The number of nitrogens with zero attached hydrogens (tertiary/aromatic N) is 2. The summed E-state index contributed by atoms with van der Waals surface area (Å²) in [6, 6.07) is 5.64. The first-order chi connectivity index (χ1) is 12.8. The molecule has 3 amide bonds. The average Bonchev–Trinajstić information content (AvgIpc) is 3.06. The molecule has 1 atom stereocenters. The van der Waals surface area contributed by atoms with Crippen molar-refractivity contribution in [2.45, 2.75) is 18.7 Å². The van der Waals surface area contributed by atoms with E-state index in [9.17, 15) is 22.8 Å². The number of hydrogen-bond acceptors (Lipinski definition) is 4. The van der Waals surface area contributed by atoms with Crippen LogP contribution in [-0.2, 0) is 9.53 Å². The second-order valence-corrected chi connectivity index (χ2v) is 6.43. The molecule has 2 saturated heterocycles. The highest BCUT2D eigenvalue weighted by Crippen LogP contribution is 2.31. The normalized spacial score (nSPS) is 21.4. The zero-order valence-corrected chi connectivity index (χ0v) is 14.5. The molecule has 2 aliphatic heterocycles. The van der Waals surface area contributed by atoms with E-state index in [0.717, 1.165) is 0 Å². The summed E-state index contributed by atoms with van der Waals surface area (Å²) in [7, 11) is 0. The van der Waals surface area contributed by atoms with E-state index in [1.807, 2.05) is 0 Å². The van der Waals surface area contributed by atoms with Crippen molar-refractivity contribution >= 4 is 11.9 Å². The topological polar surface area (TPSA) is 71.1 Å². The van der Waals surface area contributed by atoms with Crippen molar-refractivity contribution in [2.75, 3.05) is 39.5 Å². The summed E-state index contributed by atoms with van der Waals surface area (Å²) in [5.74, 6) is -0.553. The number of benzene rings is 1. The lowest BCUT2D eigenvalue weighted by Gasteiger charge is -2.29. The average molecular weight is 387 g/mol. The molecule has 27 heavy (non-hydrogen) atoms. The molecule has 0 bridgehead atoms. The van der Waals surface area contributed by atoms with Gasteiger partial charge < -0.3 is 19.7 Å². The molecule has 1 aromatic rings. The summed E-state index contributed by atoms with van der Waals surface area (Å²) in [6.07, 6.45) is -4.09. The number of alkyl halides is 3. The van der Waals surface area contributed by atoms with Gasteiger partial charge in [0, 0.05) is 32.1 Å². The number of hydrogen-bond donors (Lipinski definition) is 1. The van der Waals surface area contributed by atoms with E-state index in [1.165, 1.54) is 23.1 Å². The zero-order chi connectivity index (χ0) is 19.4. The van der Waals surface area contributed by atoms with Gasteiger partial charge in [-0.1, -0.05) is 12.1 Å². The number of rotatable bonds is 2. The number of ether oxygens (including phenoxy) is 2. The summed E-state index contributed by atoms with van der Waals surface area (Å²) in [5.41, 5.74) is 0.697. The molecule has 1 N–H and O–H groups in total. The lowest BCUT2D eigenvalue weighted by molar-refractivity contribution is -0.274. The van der Waals surface area contributed by atoms with Gasteiger partial charge >= 0.3 is 12.4 Å². The summed E-state index contributed by atoms with van der Waals surface area (Å²) in [4.78, 5) is 27.1. The maximum Gasteiger partial charge on any atom is 0.573 e. The van der Waals surface area contributed by atoms with Crippen molar-refractivity contribution in [3.05, 3.63) is 29.8 Å². The van der Waals surface area contributed by atoms with Gasteiger partial charge in [-0.2, -0.15) is 0 Å². The molecule has 0 aliphatic carbocycles. The number of nitrogens with one attached hydrogen (secondary N) is 1. The molecule has 2 heterocycles. The first-order valence-electron chi connectivity index (χ1n) is 8.56. The van der Waals surface area contributed by atoms with Crippen molar-refractivity contribution in [2.24, 2.45) is 0 Å². The maximum absolute atomic E-state index is 12.7. The fourth-order valence-electron chi connectivity index (χ4n) is 3.22. The van der Waals surface area contributed by atoms with Crippen LogP contribution in [0.4, 0.5) is 18.0 Å². The number of carbonyl (C=O) groups excluding carboxylic acids is 2. The number of carbonyl (C=O) groups is 2. The first kappa shape index (κ1) is 19.3. The maximum atomic E-state index is 12.7. The highest BCUT2D eigenvalue weighted by Gasteiger charge is 2.33. The summed E-state index contributed by atoms with van der Waals surface area (Å²) in [6.45, 7) is 1.51. The van der Waals surface area contributed by atoms with Gasteiger partial charge in [0.25, 0.3) is 0 Å². The summed E-state index contributed by atoms with van der Waals surface area (Å²) in [5, 5.41) is 2.64. The van der Waals surface area contributed by atoms with Gasteiger partial charge in [-0.25, -0.2) is 4.79 Å². The van der Waals surface area contributed by atoms with Crippen LogP contribution in [0, 0.1) is 0 Å². The minimum absolute atomic E-state index is 0.0301. The van der Waals surface area contributed by atoms with Crippen LogP contribution in [0.5, 0.6) is 5.75 Å². The Labute approximate surface area is 154 Å². The third kappa shape index (κ3) is 5.25. The van der Waals surface area contributed by atoms with Gasteiger partial charge in [0.05, 0.1) is 0 Å². The molecule has 0 radical (unpaired) electrons. The molecule has 3 rings (SSSR count). The van der Waals surface area contributed by atoms with Crippen molar-refractivity contribution in [3.63, 3.8) is 0 Å². The Balaban J connectivity index is 1.60. The quantitative estimate of drug-likeness (QED) is 0.842. The predicted octanol–water partition coefficient (Wildman–Crippen LogP) is 1.90. The lowest BCUT2D eigenvalue weighted by atomic mass is 9.98. The molecule has 7 nitrogen and oxygen atoms in total. The number of amides is 3. The molecule has 2 aliphatic rings. The lowest BCUT2D eigenvalue weighted by Crippen LogP contribution is -2.48. The van der Waals surface area contributed by atoms with Gasteiger partial charge in [0.1, 0.15) is 19.1 Å². The number of halogens is 3. The Bertz CT molecular complexity index is 686. The van der Waals surface area contributed by atoms with Crippen LogP contribution in [0.15, 0.2) is 24.3 Å². The highest BCUT2D eigenvalue weighted by atomic mass is 19.4. The molecule has 0 spiro atoms. The van der Waals surface area contributed by atoms with Crippen molar-refractivity contribution in [1.29, 1.82) is 0 Å². The summed E-state index contributed by atoms with van der Waals surface area (Å²) >= 11 is 0. The van der Waals surface area contributed by atoms with Crippen LogP contribution < -0.4 is 10.1 Å². The second-order valence-electron chi connectivity index (χ2n) is 6.43. The van der Waals surface area contributed by atoms with E-state index in [0.29, 0.717) is 38.2 Å². The van der Waals surface area contributed by atoms with Crippen LogP contribution in [0.25, 0.3) is 0 Å². The fourth-order valence-corrected chi connectivity index (χ4v) is 3.22. The van der Waals surface area contributed by atoms with E-state index in [4.69, 9.17) is 4.74 Å². The SMILES string of the molecule is O=C1COCN(C(=O)N2CCC(c3cccc(OC(F)(F)F)c3)C2)CCN1. The molecule has 0 aromatic heterocycles. The molecule has 10 heteroatoms. The largest absolute Gasteiger partial charge is 0.573 e. The molecule has 148 valence electrons. The van der Waals surface area contributed by atoms with Gasteiger partial charge in [0.15, 0.2) is 0 Å². The van der Waals surface area contributed by atoms with Gasteiger partial charge in [-0.3, -0.25) is 9.69 Å². The molecular weight excluding hydrogens is 367 g/mol. The van der Waals surface area contributed by atoms with E-state index >= 15 is 0 Å². The Morgan fingerprint density at radius 3 is 2.85 bits per heavy atom. The second kappa shape index (κ2) is 8.03. The minimum atomic E-state index is -4.74. The first-order valence-corrected chi connectivity index (χ1v) is 8.56. The Kier molecular flexibility index (Phi) is 5.73. The monoisotopic (exact) mass is 387 g/mol. The van der Waals surface area contributed by atoms with Crippen molar-refractivity contribution in [1.82, 2.24) is 15.1 Å². The molecule has 2 fully saturated rings. The van der Waals surface area contributed by atoms with Gasteiger partial charge in [0.2, 0.25) is 5.91 Å². The minimum Gasteiger partial charge on any atom is -0.406 e. The van der Waals surface area contributed by atoms with Gasteiger partial charge in [-0.15, -0.1) is 13.2 Å². The number of urea groups is 1. The van der Waals surface area contributed by atoms with E-state index < -0.39 is 6.36 Å². The predicted molar refractivity (Wildman–Crippen MR) is 88.0 cm³/mol. The van der Waals surface area contributed by atoms with Crippen LogP contribution in [-0.4, -0.2) is 67.6 Å². The Hall–Kier alpha value is -2.49. The Morgan fingerprint density at radius 2 is 2.07 bits per heavy atom. The molecular formula is C17H20F3N3O4. The van der Waals surface area contributed by atoms with Crippen molar-refractivity contribution < 1.29 is 32.2 Å². The van der Waals surface area contributed by atoms with E-state index in [-0.39, 0.29) is 36.9 Å². The standard InChI is InChI=1S/C17H20F3N3O4/c18-17(19,20)27-14-3-1-2-12(8-14)13-4-6-22(9-13)16(25)23-7-5-21-15(24)10-26-11-23/h1-3,8,13H,4-7,9-11H2,(H,21,24). The van der Waals surface area contributed by atoms with Crippen LogP contribution in [0.2, 0.25) is 0 Å². The Morgan fingerprint density at radius 1 is 1.26 bits per heavy atom. The molecule has 1 unspecified atom stereocenters.